The van der Waals surface area contributed by atoms with Gasteiger partial charge in [0.2, 0.25) is 5.91 Å². The van der Waals surface area contributed by atoms with Crippen LogP contribution in [0.5, 0.6) is 0 Å². The average Bonchev–Trinajstić information content (AvgIpc) is 2.61. The van der Waals surface area contributed by atoms with E-state index in [1.54, 1.807) is 24.3 Å². The molecule has 1 atom stereocenters. The molecule has 1 amide bonds. The van der Waals surface area contributed by atoms with Crippen LogP contribution in [0.2, 0.25) is 0 Å². The molecule has 0 aliphatic carbocycles. The second-order valence-electron chi connectivity index (χ2n) is 5.14. The first-order valence-corrected chi connectivity index (χ1v) is 8.66. The van der Waals surface area contributed by atoms with Gasteiger partial charge in [-0.05, 0) is 37.0 Å². The first-order valence-electron chi connectivity index (χ1n) is 6.77. The summed E-state index contributed by atoms with van der Waals surface area (Å²) in [6, 6.07) is 6.58. The van der Waals surface area contributed by atoms with Crippen molar-refractivity contribution in [1.82, 2.24) is 10.6 Å². The molecule has 6 heteroatoms. The number of carbonyl (C=O) groups excluding carboxylic acids is 1. The molecular formula is C14H20N2O3S. The molecule has 5 nitrogen and oxygen atoms in total. The lowest BCUT2D eigenvalue weighted by Gasteiger charge is -2.15. The molecule has 2 N–H and O–H groups in total. The molecule has 1 saturated heterocycles. The predicted octanol–water partition coefficient (Wildman–Crippen LogP) is 0.848. The fourth-order valence-corrected chi connectivity index (χ4v) is 2.86. The van der Waals surface area contributed by atoms with Crippen LogP contribution in [0.15, 0.2) is 29.2 Å². The number of sulfone groups is 1. The number of rotatable bonds is 4. The van der Waals surface area contributed by atoms with Crippen molar-refractivity contribution in [2.45, 2.75) is 36.7 Å². The van der Waals surface area contributed by atoms with E-state index in [9.17, 15) is 13.2 Å². The van der Waals surface area contributed by atoms with E-state index in [-0.39, 0.29) is 11.9 Å². The van der Waals surface area contributed by atoms with Gasteiger partial charge in [-0.1, -0.05) is 12.1 Å². The molecule has 0 spiro atoms. The fourth-order valence-electron chi connectivity index (χ4n) is 2.23. The van der Waals surface area contributed by atoms with Crippen LogP contribution >= 0.6 is 0 Å². The maximum atomic E-state index is 11.8. The van der Waals surface area contributed by atoms with Gasteiger partial charge in [0.1, 0.15) is 0 Å². The summed E-state index contributed by atoms with van der Waals surface area (Å²) in [7, 11) is -3.15. The molecule has 1 fully saturated rings. The molecule has 0 bridgehead atoms. The number of hydrogen-bond donors (Lipinski definition) is 2. The molecule has 1 aromatic carbocycles. The summed E-state index contributed by atoms with van der Waals surface area (Å²) in [5.41, 5.74) is 0.967. The minimum atomic E-state index is -3.15. The molecule has 2 rings (SSSR count). The quantitative estimate of drug-likeness (QED) is 0.863. The second kappa shape index (κ2) is 6.37. The van der Waals surface area contributed by atoms with E-state index in [1.807, 2.05) is 0 Å². The van der Waals surface area contributed by atoms with Crippen molar-refractivity contribution in [3.05, 3.63) is 29.8 Å². The Hall–Kier alpha value is -1.40. The fraction of sp³-hybridized carbons (Fsp3) is 0.500. The standard InChI is InChI=1S/C14H20N2O3S/c1-20(18,19)12-7-5-11(6-8-12)10-16-13-4-2-3-9-15-14(13)17/h5-8,13,16H,2-4,9-10H2,1H3,(H,15,17). The van der Waals surface area contributed by atoms with Gasteiger partial charge in [0, 0.05) is 19.3 Å². The maximum absolute atomic E-state index is 11.8. The van der Waals surface area contributed by atoms with Gasteiger partial charge in [0.05, 0.1) is 10.9 Å². The normalized spacial score (nSPS) is 20.2. The predicted molar refractivity (Wildman–Crippen MR) is 77.0 cm³/mol. The molecule has 0 saturated carbocycles. The van der Waals surface area contributed by atoms with Gasteiger partial charge in [-0.2, -0.15) is 0 Å². The Kier molecular flexibility index (Phi) is 4.77. The van der Waals surface area contributed by atoms with Gasteiger partial charge >= 0.3 is 0 Å². The molecule has 0 radical (unpaired) electrons. The van der Waals surface area contributed by atoms with E-state index in [4.69, 9.17) is 0 Å². The van der Waals surface area contributed by atoms with Crippen molar-refractivity contribution >= 4 is 15.7 Å². The molecule has 1 unspecified atom stereocenters. The van der Waals surface area contributed by atoms with Gasteiger partial charge < -0.3 is 10.6 Å². The van der Waals surface area contributed by atoms with Crippen LogP contribution in [0.1, 0.15) is 24.8 Å². The van der Waals surface area contributed by atoms with Crippen LogP contribution in [0.25, 0.3) is 0 Å². The summed E-state index contributed by atoms with van der Waals surface area (Å²) in [4.78, 5) is 12.1. The third kappa shape index (κ3) is 4.05. The Morgan fingerprint density at radius 1 is 1.25 bits per heavy atom. The molecule has 0 aromatic heterocycles. The second-order valence-corrected chi connectivity index (χ2v) is 7.15. The summed E-state index contributed by atoms with van der Waals surface area (Å²) in [5, 5.41) is 6.10. The van der Waals surface area contributed by atoms with Crippen molar-refractivity contribution in [3.63, 3.8) is 0 Å². The highest BCUT2D eigenvalue weighted by Gasteiger charge is 2.19. The Bertz CT molecular complexity index is 567. The maximum Gasteiger partial charge on any atom is 0.237 e. The smallest absolute Gasteiger partial charge is 0.237 e. The van der Waals surface area contributed by atoms with Crippen LogP contribution in [0, 0.1) is 0 Å². The van der Waals surface area contributed by atoms with Crippen LogP contribution in [0.4, 0.5) is 0 Å². The molecule has 1 aliphatic heterocycles. The number of benzene rings is 1. The summed E-state index contributed by atoms with van der Waals surface area (Å²) in [6.07, 6.45) is 4.08. The SMILES string of the molecule is CS(=O)(=O)c1ccc(CNC2CCCCNC2=O)cc1. The van der Waals surface area contributed by atoms with Gasteiger partial charge in [-0.15, -0.1) is 0 Å². The lowest BCUT2D eigenvalue weighted by molar-refractivity contribution is -0.122. The van der Waals surface area contributed by atoms with Crippen LogP contribution in [0.3, 0.4) is 0 Å². The van der Waals surface area contributed by atoms with Crippen LogP contribution in [-0.4, -0.2) is 33.2 Å². The van der Waals surface area contributed by atoms with Gasteiger partial charge in [0.15, 0.2) is 9.84 Å². The Morgan fingerprint density at radius 3 is 2.60 bits per heavy atom. The number of nitrogens with one attached hydrogen (secondary N) is 2. The molecule has 1 heterocycles. The molecule has 1 aliphatic rings. The molecule has 1 aromatic rings. The van der Waals surface area contributed by atoms with E-state index < -0.39 is 9.84 Å². The van der Waals surface area contributed by atoms with E-state index in [2.05, 4.69) is 10.6 Å². The molecule has 110 valence electrons. The van der Waals surface area contributed by atoms with E-state index in [0.29, 0.717) is 11.4 Å². The van der Waals surface area contributed by atoms with Crippen LogP contribution < -0.4 is 10.6 Å². The first kappa shape index (κ1) is 15.0. The van der Waals surface area contributed by atoms with Crippen molar-refractivity contribution in [2.75, 3.05) is 12.8 Å². The highest BCUT2D eigenvalue weighted by Crippen LogP contribution is 2.11. The van der Waals surface area contributed by atoms with E-state index >= 15 is 0 Å². The highest BCUT2D eigenvalue weighted by atomic mass is 32.2. The van der Waals surface area contributed by atoms with Crippen molar-refractivity contribution in [2.24, 2.45) is 0 Å². The average molecular weight is 296 g/mol. The van der Waals surface area contributed by atoms with Crippen molar-refractivity contribution < 1.29 is 13.2 Å². The highest BCUT2D eigenvalue weighted by molar-refractivity contribution is 7.90. The van der Waals surface area contributed by atoms with Crippen LogP contribution in [-0.2, 0) is 21.2 Å². The van der Waals surface area contributed by atoms with Crippen molar-refractivity contribution in [3.8, 4) is 0 Å². The van der Waals surface area contributed by atoms with Gasteiger partial charge in [0.25, 0.3) is 0 Å². The van der Waals surface area contributed by atoms with Gasteiger partial charge in [-0.3, -0.25) is 4.79 Å². The molecule has 20 heavy (non-hydrogen) atoms. The topological polar surface area (TPSA) is 75.3 Å². The molecular weight excluding hydrogens is 276 g/mol. The third-order valence-corrected chi connectivity index (χ3v) is 4.57. The number of carbonyl (C=O) groups is 1. The zero-order valence-corrected chi connectivity index (χ0v) is 12.4. The summed E-state index contributed by atoms with van der Waals surface area (Å²) < 4.78 is 22.7. The van der Waals surface area contributed by atoms with E-state index in [0.717, 1.165) is 31.4 Å². The minimum absolute atomic E-state index is 0.0512. The zero-order valence-electron chi connectivity index (χ0n) is 11.6. The minimum Gasteiger partial charge on any atom is -0.355 e. The Morgan fingerprint density at radius 2 is 1.95 bits per heavy atom. The first-order chi connectivity index (χ1) is 9.47. The summed E-state index contributed by atoms with van der Waals surface area (Å²) >= 11 is 0. The Labute approximate surface area is 119 Å². The zero-order chi connectivity index (χ0) is 14.6. The van der Waals surface area contributed by atoms with Crippen molar-refractivity contribution in [1.29, 1.82) is 0 Å². The monoisotopic (exact) mass is 296 g/mol. The largest absolute Gasteiger partial charge is 0.355 e. The van der Waals surface area contributed by atoms with E-state index in [1.165, 1.54) is 6.26 Å². The lowest BCUT2D eigenvalue weighted by Crippen LogP contribution is -2.42. The number of hydrogen-bond acceptors (Lipinski definition) is 4. The number of amides is 1. The summed E-state index contributed by atoms with van der Waals surface area (Å²) in [5.74, 6) is 0.0512. The van der Waals surface area contributed by atoms with Gasteiger partial charge in [-0.25, -0.2) is 8.42 Å². The Balaban J connectivity index is 1.95. The lowest BCUT2D eigenvalue weighted by atomic mass is 10.1. The third-order valence-electron chi connectivity index (χ3n) is 3.44. The summed E-state index contributed by atoms with van der Waals surface area (Å²) in [6.45, 7) is 1.31.